The zero-order chi connectivity index (χ0) is 18.5. The molecule has 0 spiro atoms. The Bertz CT molecular complexity index is 821. The molecule has 0 saturated heterocycles. The lowest BCUT2D eigenvalue weighted by Crippen LogP contribution is -2.15. The van der Waals surface area contributed by atoms with Crippen molar-refractivity contribution < 1.29 is 23.8 Å². The Kier molecular flexibility index (Phi) is 6.00. The van der Waals surface area contributed by atoms with Crippen molar-refractivity contribution in [1.82, 2.24) is 4.98 Å². The van der Waals surface area contributed by atoms with Crippen LogP contribution in [0.25, 0.3) is 0 Å². The van der Waals surface area contributed by atoms with Gasteiger partial charge in [-0.1, -0.05) is 11.3 Å². The van der Waals surface area contributed by atoms with Gasteiger partial charge in [0.1, 0.15) is 18.1 Å². The van der Waals surface area contributed by atoms with E-state index in [0.29, 0.717) is 41.3 Å². The van der Waals surface area contributed by atoms with Gasteiger partial charge in [-0.05, 0) is 32.0 Å². The molecule has 0 atom stereocenters. The van der Waals surface area contributed by atoms with Crippen molar-refractivity contribution in [2.75, 3.05) is 30.9 Å². The lowest BCUT2D eigenvalue weighted by Gasteiger charge is -2.18. The molecule has 0 fully saturated rings. The Morgan fingerprint density at radius 3 is 2.85 bits per heavy atom. The summed E-state index contributed by atoms with van der Waals surface area (Å²) in [7, 11) is 0. The molecule has 0 unspecified atom stereocenters. The molecule has 9 heteroatoms. The highest BCUT2D eigenvalue weighted by atomic mass is 32.2. The number of amides is 1. The number of thiazole rings is 1. The molecular weight excluding hydrogens is 376 g/mol. The number of nitrogens with one attached hydrogen (secondary N) is 1. The molecule has 1 N–H and O–H groups in total. The zero-order valence-electron chi connectivity index (χ0n) is 14.4. The van der Waals surface area contributed by atoms with E-state index in [2.05, 4.69) is 10.3 Å². The second-order valence-corrected chi connectivity index (χ2v) is 7.34. The topological polar surface area (TPSA) is 86.8 Å². The van der Waals surface area contributed by atoms with Gasteiger partial charge in [0, 0.05) is 4.90 Å². The predicted octanol–water partition coefficient (Wildman–Crippen LogP) is 3.13. The first-order chi connectivity index (χ1) is 12.6. The second-order valence-electron chi connectivity index (χ2n) is 5.30. The normalized spacial score (nSPS) is 12.5. The van der Waals surface area contributed by atoms with Gasteiger partial charge in [0.05, 0.1) is 18.1 Å². The van der Waals surface area contributed by atoms with Gasteiger partial charge >= 0.3 is 5.97 Å². The van der Waals surface area contributed by atoms with Crippen LogP contribution in [-0.4, -0.2) is 42.4 Å². The van der Waals surface area contributed by atoms with Crippen molar-refractivity contribution >= 4 is 40.1 Å². The molecule has 0 saturated carbocycles. The minimum Gasteiger partial charge on any atom is -0.486 e. The molecule has 138 valence electrons. The van der Waals surface area contributed by atoms with E-state index in [4.69, 9.17) is 14.2 Å². The first kappa shape index (κ1) is 18.5. The smallest absolute Gasteiger partial charge is 0.350 e. The Morgan fingerprint density at radius 2 is 2.08 bits per heavy atom. The monoisotopic (exact) mass is 394 g/mol. The Labute approximate surface area is 159 Å². The first-order valence-electron chi connectivity index (χ1n) is 8.03. The minimum atomic E-state index is -0.423. The van der Waals surface area contributed by atoms with E-state index in [0.717, 1.165) is 22.0 Å². The predicted molar refractivity (Wildman–Crippen MR) is 99.6 cm³/mol. The Morgan fingerprint density at radius 1 is 1.31 bits per heavy atom. The average Bonchev–Trinajstić information content (AvgIpc) is 3.00. The maximum Gasteiger partial charge on any atom is 0.350 e. The quantitative estimate of drug-likeness (QED) is 0.595. The van der Waals surface area contributed by atoms with Crippen LogP contribution in [-0.2, 0) is 9.53 Å². The van der Waals surface area contributed by atoms with Crippen LogP contribution in [0.2, 0.25) is 0 Å². The molecule has 0 aliphatic carbocycles. The highest BCUT2D eigenvalue weighted by molar-refractivity contribution is 8.00. The van der Waals surface area contributed by atoms with E-state index in [-0.39, 0.29) is 11.7 Å². The van der Waals surface area contributed by atoms with E-state index in [1.165, 1.54) is 11.8 Å². The maximum absolute atomic E-state index is 12.2. The van der Waals surface area contributed by atoms with Gasteiger partial charge in [-0.25, -0.2) is 9.78 Å². The van der Waals surface area contributed by atoms with Gasteiger partial charge in [0.2, 0.25) is 5.91 Å². The molecule has 1 aliphatic heterocycles. The van der Waals surface area contributed by atoms with Crippen molar-refractivity contribution in [3.05, 3.63) is 28.8 Å². The van der Waals surface area contributed by atoms with Gasteiger partial charge < -0.3 is 19.5 Å². The van der Waals surface area contributed by atoms with Crippen LogP contribution in [0.3, 0.4) is 0 Å². The van der Waals surface area contributed by atoms with Crippen LogP contribution in [0, 0.1) is 6.92 Å². The molecule has 1 amide bonds. The lowest BCUT2D eigenvalue weighted by molar-refractivity contribution is -0.113. The summed E-state index contributed by atoms with van der Waals surface area (Å²) in [6, 6.07) is 5.58. The van der Waals surface area contributed by atoms with Crippen LogP contribution < -0.4 is 14.8 Å². The summed E-state index contributed by atoms with van der Waals surface area (Å²) in [6.45, 7) is 4.81. The largest absolute Gasteiger partial charge is 0.486 e. The molecule has 26 heavy (non-hydrogen) atoms. The van der Waals surface area contributed by atoms with Gasteiger partial charge in [0.15, 0.2) is 16.6 Å². The maximum atomic E-state index is 12.2. The number of rotatable bonds is 6. The van der Waals surface area contributed by atoms with E-state index in [1.54, 1.807) is 13.8 Å². The van der Waals surface area contributed by atoms with Crippen molar-refractivity contribution in [3.63, 3.8) is 0 Å². The number of aromatic nitrogens is 1. The lowest BCUT2D eigenvalue weighted by atomic mass is 10.3. The van der Waals surface area contributed by atoms with E-state index in [9.17, 15) is 9.59 Å². The SMILES string of the molecule is CCOC(=O)c1sc(NC(=O)CSc2ccc3c(c2)OCCO3)nc1C. The van der Waals surface area contributed by atoms with E-state index >= 15 is 0 Å². The minimum absolute atomic E-state index is 0.200. The molecule has 0 radical (unpaired) electrons. The number of nitrogens with zero attached hydrogens (tertiary/aromatic N) is 1. The summed E-state index contributed by atoms with van der Waals surface area (Å²) in [4.78, 5) is 29.5. The van der Waals surface area contributed by atoms with Gasteiger partial charge in [0.25, 0.3) is 0 Å². The molecule has 7 nitrogen and oxygen atoms in total. The molecule has 2 aromatic rings. The Hall–Kier alpha value is -2.26. The summed E-state index contributed by atoms with van der Waals surface area (Å²) in [5.74, 6) is 1.00. The average molecular weight is 394 g/mol. The van der Waals surface area contributed by atoms with Crippen molar-refractivity contribution in [1.29, 1.82) is 0 Å². The summed E-state index contributed by atoms with van der Waals surface area (Å²) in [6.07, 6.45) is 0. The number of carbonyl (C=O) groups excluding carboxylic acids is 2. The number of fused-ring (bicyclic) bond motifs is 1. The number of hydrogen-bond donors (Lipinski definition) is 1. The van der Waals surface area contributed by atoms with E-state index < -0.39 is 5.97 Å². The third kappa shape index (κ3) is 4.47. The highest BCUT2D eigenvalue weighted by Crippen LogP contribution is 2.34. The number of thioether (sulfide) groups is 1. The van der Waals surface area contributed by atoms with Crippen LogP contribution in [0.4, 0.5) is 5.13 Å². The fourth-order valence-electron chi connectivity index (χ4n) is 2.25. The second kappa shape index (κ2) is 8.41. The number of hydrogen-bond acceptors (Lipinski definition) is 8. The van der Waals surface area contributed by atoms with E-state index in [1.807, 2.05) is 18.2 Å². The zero-order valence-corrected chi connectivity index (χ0v) is 16.0. The number of anilines is 1. The third-order valence-electron chi connectivity index (χ3n) is 3.39. The van der Waals surface area contributed by atoms with Crippen molar-refractivity contribution in [3.8, 4) is 11.5 Å². The summed E-state index contributed by atoms with van der Waals surface area (Å²) in [5.41, 5.74) is 0.545. The molecule has 1 aromatic carbocycles. The summed E-state index contributed by atoms with van der Waals surface area (Å²) in [5, 5.41) is 3.10. The van der Waals surface area contributed by atoms with Crippen molar-refractivity contribution in [2.24, 2.45) is 0 Å². The number of ether oxygens (including phenoxy) is 3. The van der Waals surface area contributed by atoms with Crippen LogP contribution in [0.5, 0.6) is 11.5 Å². The van der Waals surface area contributed by atoms with Gasteiger partial charge in [-0.2, -0.15) is 0 Å². The fourth-order valence-corrected chi connectivity index (χ4v) is 3.85. The van der Waals surface area contributed by atoms with Crippen LogP contribution in [0.15, 0.2) is 23.1 Å². The van der Waals surface area contributed by atoms with Crippen LogP contribution >= 0.6 is 23.1 Å². The molecule has 1 aromatic heterocycles. The Balaban J connectivity index is 1.56. The fraction of sp³-hybridized carbons (Fsp3) is 0.353. The van der Waals surface area contributed by atoms with Crippen LogP contribution in [0.1, 0.15) is 22.3 Å². The number of benzene rings is 1. The first-order valence-corrected chi connectivity index (χ1v) is 9.84. The van der Waals surface area contributed by atoms with Gasteiger partial charge in [-0.15, -0.1) is 11.8 Å². The summed E-state index contributed by atoms with van der Waals surface area (Å²) < 4.78 is 16.0. The number of carbonyl (C=O) groups is 2. The number of aryl methyl sites for hydroxylation is 1. The molecule has 2 heterocycles. The van der Waals surface area contributed by atoms with Crippen molar-refractivity contribution in [2.45, 2.75) is 18.7 Å². The molecule has 1 aliphatic rings. The molecule has 3 rings (SSSR count). The number of esters is 1. The summed E-state index contributed by atoms with van der Waals surface area (Å²) >= 11 is 2.50. The third-order valence-corrected chi connectivity index (χ3v) is 5.43. The molecule has 0 bridgehead atoms. The molecular formula is C17H18N2O5S2. The highest BCUT2D eigenvalue weighted by Gasteiger charge is 2.18. The van der Waals surface area contributed by atoms with Gasteiger partial charge in [-0.3, -0.25) is 4.79 Å². The standard InChI is InChI=1S/C17H18N2O5S2/c1-3-22-16(21)15-10(2)18-17(26-15)19-14(20)9-25-11-4-5-12-13(8-11)24-7-6-23-12/h4-5,8H,3,6-7,9H2,1-2H3,(H,18,19,20).